The molecule has 0 aliphatic heterocycles. The minimum atomic E-state index is -0.407. The number of benzene rings is 1. The number of carbonyl (C=O) groups excluding carboxylic acids is 1. The van der Waals surface area contributed by atoms with Crippen LogP contribution in [0.3, 0.4) is 0 Å². The van der Waals surface area contributed by atoms with Gasteiger partial charge in [-0.1, -0.05) is 6.07 Å². The number of nitrogens with zero attached hydrogens (tertiary/aromatic N) is 1. The van der Waals surface area contributed by atoms with Crippen LogP contribution < -0.4 is 11.1 Å². The quantitative estimate of drug-likeness (QED) is 0.663. The van der Waals surface area contributed by atoms with Crippen LogP contribution in [-0.4, -0.2) is 18.1 Å². The molecule has 1 aromatic carbocycles. The van der Waals surface area contributed by atoms with Crippen LogP contribution >= 0.6 is 11.3 Å². The minimum absolute atomic E-state index is 0.407. The Morgan fingerprint density at radius 3 is 2.95 bits per heavy atom. The number of esters is 1. The van der Waals surface area contributed by atoms with Gasteiger partial charge < -0.3 is 15.8 Å². The monoisotopic (exact) mass is 277 g/mol. The molecule has 0 spiro atoms. The Bertz CT molecular complexity index is 595. The number of methoxy groups -OCH3 is 1. The molecule has 0 saturated heterocycles. The Morgan fingerprint density at radius 1 is 1.53 bits per heavy atom. The molecular formula is C13H15N3O2S. The van der Waals surface area contributed by atoms with E-state index in [1.807, 2.05) is 6.92 Å². The van der Waals surface area contributed by atoms with Gasteiger partial charge in [0.15, 0.2) is 0 Å². The summed E-state index contributed by atoms with van der Waals surface area (Å²) < 4.78 is 4.75. The molecule has 0 radical (unpaired) electrons. The smallest absolute Gasteiger partial charge is 0.340 e. The van der Waals surface area contributed by atoms with Crippen LogP contribution in [0.4, 0.5) is 11.4 Å². The predicted molar refractivity (Wildman–Crippen MR) is 76.4 cm³/mol. The standard InChI is InChI=1S/C13H15N3O2S/c1-8-11(19-7-16-8)6-15-12-9(13(17)18-2)4-3-5-10(12)14/h3-5,7,15H,6,14H2,1-2H3. The van der Waals surface area contributed by atoms with Crippen LogP contribution in [-0.2, 0) is 11.3 Å². The first-order valence-corrected chi connectivity index (χ1v) is 6.61. The number of hydrogen-bond acceptors (Lipinski definition) is 6. The van der Waals surface area contributed by atoms with E-state index < -0.39 is 5.97 Å². The molecule has 6 heteroatoms. The largest absolute Gasteiger partial charge is 0.465 e. The number of anilines is 2. The summed E-state index contributed by atoms with van der Waals surface area (Å²) in [7, 11) is 1.35. The highest BCUT2D eigenvalue weighted by Crippen LogP contribution is 2.25. The molecule has 19 heavy (non-hydrogen) atoms. The molecule has 1 heterocycles. The number of aryl methyl sites for hydroxylation is 1. The zero-order chi connectivity index (χ0) is 13.8. The lowest BCUT2D eigenvalue weighted by Gasteiger charge is -2.12. The van der Waals surface area contributed by atoms with Gasteiger partial charge >= 0.3 is 5.97 Å². The highest BCUT2D eigenvalue weighted by molar-refractivity contribution is 7.09. The van der Waals surface area contributed by atoms with Crippen molar-refractivity contribution in [2.24, 2.45) is 0 Å². The van der Waals surface area contributed by atoms with E-state index in [1.165, 1.54) is 7.11 Å². The van der Waals surface area contributed by atoms with E-state index in [4.69, 9.17) is 10.5 Å². The maximum absolute atomic E-state index is 11.7. The third-order valence-corrected chi connectivity index (χ3v) is 3.71. The van der Waals surface area contributed by atoms with Crippen LogP contribution in [0.5, 0.6) is 0 Å². The van der Waals surface area contributed by atoms with Crippen molar-refractivity contribution in [3.8, 4) is 0 Å². The highest BCUT2D eigenvalue weighted by Gasteiger charge is 2.14. The van der Waals surface area contributed by atoms with Gasteiger partial charge in [0.05, 0.1) is 41.8 Å². The molecule has 0 amide bonds. The van der Waals surface area contributed by atoms with E-state index in [1.54, 1.807) is 35.0 Å². The molecule has 0 unspecified atom stereocenters. The SMILES string of the molecule is COC(=O)c1cccc(N)c1NCc1scnc1C. The Labute approximate surface area is 115 Å². The van der Waals surface area contributed by atoms with Gasteiger partial charge in [-0.3, -0.25) is 0 Å². The molecule has 100 valence electrons. The second-order valence-corrected chi connectivity index (χ2v) is 4.92. The first kappa shape index (κ1) is 13.4. The van der Waals surface area contributed by atoms with E-state index in [0.29, 0.717) is 23.5 Å². The number of hydrogen-bond donors (Lipinski definition) is 2. The number of para-hydroxylation sites is 1. The van der Waals surface area contributed by atoms with E-state index in [2.05, 4.69) is 10.3 Å². The van der Waals surface area contributed by atoms with Crippen molar-refractivity contribution in [3.63, 3.8) is 0 Å². The number of carbonyl (C=O) groups is 1. The summed E-state index contributed by atoms with van der Waals surface area (Å²) in [5.74, 6) is -0.407. The van der Waals surface area contributed by atoms with Crippen molar-refractivity contribution in [1.82, 2.24) is 4.98 Å². The Kier molecular flexibility index (Phi) is 4.01. The summed E-state index contributed by atoms with van der Waals surface area (Å²) in [5, 5.41) is 3.18. The average Bonchev–Trinajstić information content (AvgIpc) is 2.82. The van der Waals surface area contributed by atoms with Gasteiger partial charge in [0.25, 0.3) is 0 Å². The van der Waals surface area contributed by atoms with Gasteiger partial charge in [-0.15, -0.1) is 11.3 Å². The van der Waals surface area contributed by atoms with Crippen molar-refractivity contribution in [2.45, 2.75) is 13.5 Å². The van der Waals surface area contributed by atoms with Crippen molar-refractivity contribution in [2.75, 3.05) is 18.2 Å². The minimum Gasteiger partial charge on any atom is -0.465 e. The van der Waals surface area contributed by atoms with Gasteiger partial charge in [0.2, 0.25) is 0 Å². The molecule has 0 aliphatic carbocycles. The lowest BCUT2D eigenvalue weighted by molar-refractivity contribution is 0.0602. The lowest BCUT2D eigenvalue weighted by atomic mass is 10.1. The van der Waals surface area contributed by atoms with E-state index >= 15 is 0 Å². The van der Waals surface area contributed by atoms with Gasteiger partial charge in [-0.05, 0) is 19.1 Å². The molecule has 1 aromatic heterocycles. The van der Waals surface area contributed by atoms with Crippen molar-refractivity contribution in [3.05, 3.63) is 39.8 Å². The first-order chi connectivity index (χ1) is 9.13. The third-order valence-electron chi connectivity index (χ3n) is 2.77. The Morgan fingerprint density at radius 2 is 2.32 bits per heavy atom. The fraction of sp³-hybridized carbons (Fsp3) is 0.231. The zero-order valence-electron chi connectivity index (χ0n) is 10.8. The molecule has 2 aromatic rings. The summed E-state index contributed by atoms with van der Waals surface area (Å²) >= 11 is 1.56. The molecule has 5 nitrogen and oxygen atoms in total. The van der Waals surface area contributed by atoms with Crippen LogP contribution in [0.2, 0.25) is 0 Å². The van der Waals surface area contributed by atoms with Crippen LogP contribution in [0.25, 0.3) is 0 Å². The first-order valence-electron chi connectivity index (χ1n) is 5.73. The summed E-state index contributed by atoms with van der Waals surface area (Å²) in [6.45, 7) is 2.53. The molecule has 0 saturated carbocycles. The topological polar surface area (TPSA) is 77.2 Å². The zero-order valence-corrected chi connectivity index (χ0v) is 11.6. The van der Waals surface area contributed by atoms with E-state index in [9.17, 15) is 4.79 Å². The number of nitrogens with two attached hydrogens (primary N) is 1. The second-order valence-electron chi connectivity index (χ2n) is 3.98. The number of rotatable bonds is 4. The van der Waals surface area contributed by atoms with Gasteiger partial charge in [0, 0.05) is 4.88 Å². The summed E-state index contributed by atoms with van der Waals surface area (Å²) in [6.07, 6.45) is 0. The fourth-order valence-corrected chi connectivity index (χ4v) is 2.43. The maximum Gasteiger partial charge on any atom is 0.340 e. The molecule has 0 fully saturated rings. The number of thiazole rings is 1. The molecule has 2 rings (SSSR count). The van der Waals surface area contributed by atoms with Crippen LogP contribution in [0, 0.1) is 6.92 Å². The predicted octanol–water partition coefficient (Wildman–Crippen LogP) is 2.43. The maximum atomic E-state index is 11.7. The summed E-state index contributed by atoms with van der Waals surface area (Å²) in [4.78, 5) is 17.0. The van der Waals surface area contributed by atoms with E-state index in [0.717, 1.165) is 10.6 Å². The normalized spacial score (nSPS) is 10.2. The third kappa shape index (κ3) is 2.85. The summed E-state index contributed by atoms with van der Waals surface area (Å²) in [6, 6.07) is 5.16. The average molecular weight is 277 g/mol. The van der Waals surface area contributed by atoms with Gasteiger partial charge in [-0.2, -0.15) is 0 Å². The molecule has 0 atom stereocenters. The lowest BCUT2D eigenvalue weighted by Crippen LogP contribution is -2.10. The number of nitrogen functional groups attached to an aromatic ring is 1. The highest BCUT2D eigenvalue weighted by atomic mass is 32.1. The van der Waals surface area contributed by atoms with Crippen LogP contribution in [0.1, 0.15) is 20.9 Å². The second kappa shape index (κ2) is 5.71. The number of nitrogens with one attached hydrogen (secondary N) is 1. The van der Waals surface area contributed by atoms with Gasteiger partial charge in [0.1, 0.15) is 0 Å². The molecule has 0 bridgehead atoms. The Balaban J connectivity index is 2.24. The molecular weight excluding hydrogens is 262 g/mol. The fourth-order valence-electron chi connectivity index (χ4n) is 1.71. The van der Waals surface area contributed by atoms with Gasteiger partial charge in [-0.25, -0.2) is 9.78 Å². The number of aromatic nitrogens is 1. The summed E-state index contributed by atoms with van der Waals surface area (Å²) in [5.41, 5.74) is 10.2. The van der Waals surface area contributed by atoms with Crippen LogP contribution in [0.15, 0.2) is 23.7 Å². The van der Waals surface area contributed by atoms with Crippen molar-refractivity contribution in [1.29, 1.82) is 0 Å². The van der Waals surface area contributed by atoms with Crippen molar-refractivity contribution >= 4 is 28.7 Å². The molecule has 0 aliphatic rings. The Hall–Kier alpha value is -2.08. The van der Waals surface area contributed by atoms with Crippen molar-refractivity contribution < 1.29 is 9.53 Å². The molecule has 3 N–H and O–H groups in total. The van der Waals surface area contributed by atoms with E-state index in [-0.39, 0.29) is 0 Å². The number of ether oxygens (including phenoxy) is 1.